The highest BCUT2D eigenvalue weighted by molar-refractivity contribution is 7.92. The van der Waals surface area contributed by atoms with Gasteiger partial charge in [0.1, 0.15) is 16.4 Å². The lowest BCUT2D eigenvalue weighted by Crippen LogP contribution is -2.17. The number of methoxy groups -OCH3 is 1. The van der Waals surface area contributed by atoms with Crippen LogP contribution in [-0.2, 0) is 21.2 Å². The zero-order valence-electron chi connectivity index (χ0n) is 18.2. The van der Waals surface area contributed by atoms with Gasteiger partial charge in [0.25, 0.3) is 10.0 Å². The van der Waals surface area contributed by atoms with Crippen LogP contribution in [0.2, 0.25) is 0 Å². The van der Waals surface area contributed by atoms with Gasteiger partial charge in [0.05, 0.1) is 20.1 Å². The number of rotatable bonds is 9. The monoisotopic (exact) mass is 454 g/mol. The average molecular weight is 455 g/mol. The van der Waals surface area contributed by atoms with E-state index in [0.29, 0.717) is 23.7 Å². The van der Waals surface area contributed by atoms with Crippen molar-refractivity contribution in [3.05, 3.63) is 77.9 Å². The molecule has 0 aliphatic rings. The number of aryl methyl sites for hydroxylation is 1. The summed E-state index contributed by atoms with van der Waals surface area (Å²) in [5, 5.41) is 2.75. The molecule has 1 amide bonds. The van der Waals surface area contributed by atoms with Crippen LogP contribution in [0.5, 0.6) is 11.5 Å². The summed E-state index contributed by atoms with van der Waals surface area (Å²) in [4.78, 5) is 12.4. The molecule has 168 valence electrons. The van der Waals surface area contributed by atoms with Crippen molar-refractivity contribution in [2.24, 2.45) is 0 Å². The Kier molecular flexibility index (Phi) is 7.37. The maximum Gasteiger partial charge on any atom is 0.265 e. The lowest BCUT2D eigenvalue weighted by molar-refractivity contribution is -0.115. The Hall–Kier alpha value is -3.52. The molecule has 0 saturated heterocycles. The Morgan fingerprint density at radius 3 is 2.22 bits per heavy atom. The van der Waals surface area contributed by atoms with Crippen LogP contribution in [0.4, 0.5) is 11.4 Å². The molecule has 8 heteroatoms. The van der Waals surface area contributed by atoms with E-state index in [0.717, 1.165) is 11.1 Å². The largest absolute Gasteiger partial charge is 0.495 e. The molecule has 0 aromatic heterocycles. The summed E-state index contributed by atoms with van der Waals surface area (Å²) in [5.41, 5.74) is 2.71. The molecule has 0 unspecified atom stereocenters. The first-order valence-electron chi connectivity index (χ1n) is 10.1. The van der Waals surface area contributed by atoms with Gasteiger partial charge in [-0.2, -0.15) is 0 Å². The first-order chi connectivity index (χ1) is 15.3. The summed E-state index contributed by atoms with van der Waals surface area (Å²) >= 11 is 0. The fourth-order valence-electron chi connectivity index (χ4n) is 3.06. The number of amides is 1. The summed E-state index contributed by atoms with van der Waals surface area (Å²) in [6.45, 7) is 4.37. The number of anilines is 2. The van der Waals surface area contributed by atoms with Crippen molar-refractivity contribution in [3.8, 4) is 11.5 Å². The number of sulfonamides is 1. The third kappa shape index (κ3) is 6.01. The van der Waals surface area contributed by atoms with Gasteiger partial charge >= 0.3 is 0 Å². The Balaban J connectivity index is 1.78. The highest BCUT2D eigenvalue weighted by Gasteiger charge is 2.21. The van der Waals surface area contributed by atoms with E-state index in [-0.39, 0.29) is 23.0 Å². The van der Waals surface area contributed by atoms with Gasteiger partial charge in [-0.1, -0.05) is 29.8 Å². The number of benzene rings is 3. The van der Waals surface area contributed by atoms with Crippen molar-refractivity contribution in [1.82, 2.24) is 0 Å². The normalized spacial score (nSPS) is 11.0. The second-order valence-electron chi connectivity index (χ2n) is 7.14. The molecular formula is C24H26N2O5S. The fourth-order valence-corrected chi connectivity index (χ4v) is 4.31. The zero-order chi connectivity index (χ0) is 23.1. The van der Waals surface area contributed by atoms with Crippen LogP contribution in [-0.4, -0.2) is 28.0 Å². The molecule has 3 aromatic rings. The topological polar surface area (TPSA) is 93.7 Å². The van der Waals surface area contributed by atoms with Crippen LogP contribution >= 0.6 is 0 Å². The minimum absolute atomic E-state index is 0.0815. The van der Waals surface area contributed by atoms with Gasteiger partial charge in [-0.05, 0) is 61.9 Å². The summed E-state index contributed by atoms with van der Waals surface area (Å²) < 4.78 is 39.2. The van der Waals surface area contributed by atoms with Gasteiger partial charge in [-0.25, -0.2) is 8.42 Å². The predicted octanol–water partition coefficient (Wildman–Crippen LogP) is 4.38. The molecule has 0 saturated carbocycles. The molecule has 0 aliphatic heterocycles. The van der Waals surface area contributed by atoms with Gasteiger partial charge in [0.2, 0.25) is 5.91 Å². The Labute approximate surface area is 188 Å². The molecule has 3 rings (SSSR count). The number of ether oxygens (including phenoxy) is 2. The highest BCUT2D eigenvalue weighted by Crippen LogP contribution is 2.29. The van der Waals surface area contributed by atoms with Crippen molar-refractivity contribution in [1.29, 1.82) is 0 Å². The summed E-state index contributed by atoms with van der Waals surface area (Å²) in [7, 11) is -2.58. The minimum Gasteiger partial charge on any atom is -0.495 e. The quantitative estimate of drug-likeness (QED) is 0.500. The summed E-state index contributed by atoms with van der Waals surface area (Å²) in [5.74, 6) is 0.563. The van der Waals surface area contributed by atoms with E-state index < -0.39 is 10.0 Å². The van der Waals surface area contributed by atoms with E-state index in [1.807, 2.05) is 38.1 Å². The Morgan fingerprint density at radius 2 is 1.59 bits per heavy atom. The van der Waals surface area contributed by atoms with E-state index in [1.54, 1.807) is 30.3 Å². The van der Waals surface area contributed by atoms with E-state index in [2.05, 4.69) is 10.0 Å². The highest BCUT2D eigenvalue weighted by atomic mass is 32.2. The first kappa shape index (κ1) is 23.1. The van der Waals surface area contributed by atoms with Crippen LogP contribution in [0.15, 0.2) is 71.6 Å². The number of hydrogen-bond acceptors (Lipinski definition) is 5. The molecule has 0 atom stereocenters. The van der Waals surface area contributed by atoms with Crippen LogP contribution in [0.1, 0.15) is 18.1 Å². The van der Waals surface area contributed by atoms with Crippen LogP contribution < -0.4 is 19.5 Å². The smallest absolute Gasteiger partial charge is 0.265 e. The summed E-state index contributed by atoms with van der Waals surface area (Å²) in [6, 6.07) is 18.7. The van der Waals surface area contributed by atoms with E-state index in [4.69, 9.17) is 9.47 Å². The molecular weight excluding hydrogens is 428 g/mol. The van der Waals surface area contributed by atoms with Crippen molar-refractivity contribution in [2.45, 2.75) is 25.2 Å². The summed E-state index contributed by atoms with van der Waals surface area (Å²) in [6.07, 6.45) is 0.179. The second-order valence-corrected chi connectivity index (χ2v) is 8.79. The molecule has 3 aromatic carbocycles. The lowest BCUT2D eigenvalue weighted by Gasteiger charge is -2.14. The third-order valence-corrected chi connectivity index (χ3v) is 6.04. The van der Waals surface area contributed by atoms with Gasteiger partial charge in [0, 0.05) is 11.4 Å². The fraction of sp³-hybridized carbons (Fsp3) is 0.208. The van der Waals surface area contributed by atoms with Crippen LogP contribution in [0.3, 0.4) is 0 Å². The van der Waals surface area contributed by atoms with Crippen LogP contribution in [0, 0.1) is 6.92 Å². The van der Waals surface area contributed by atoms with Gasteiger partial charge < -0.3 is 14.8 Å². The minimum atomic E-state index is -3.97. The molecule has 0 bridgehead atoms. The second kappa shape index (κ2) is 10.2. The molecule has 32 heavy (non-hydrogen) atoms. The molecule has 0 heterocycles. The van der Waals surface area contributed by atoms with Gasteiger partial charge in [-0.15, -0.1) is 0 Å². The predicted molar refractivity (Wildman–Crippen MR) is 125 cm³/mol. The first-order valence-corrected chi connectivity index (χ1v) is 11.6. The van der Waals surface area contributed by atoms with Crippen molar-refractivity contribution in [2.75, 3.05) is 23.8 Å². The lowest BCUT2D eigenvalue weighted by atomic mass is 10.1. The molecule has 2 N–H and O–H groups in total. The Morgan fingerprint density at radius 1 is 0.938 bits per heavy atom. The van der Waals surface area contributed by atoms with E-state index in [9.17, 15) is 13.2 Å². The van der Waals surface area contributed by atoms with Crippen LogP contribution in [0.25, 0.3) is 0 Å². The van der Waals surface area contributed by atoms with Gasteiger partial charge in [-0.3, -0.25) is 9.52 Å². The van der Waals surface area contributed by atoms with Crippen molar-refractivity contribution < 1.29 is 22.7 Å². The number of nitrogens with one attached hydrogen (secondary N) is 2. The molecule has 0 spiro atoms. The molecule has 7 nitrogen and oxygen atoms in total. The number of carbonyl (C=O) groups excluding carboxylic acids is 1. The van der Waals surface area contributed by atoms with Crippen molar-refractivity contribution >= 4 is 27.3 Å². The molecule has 0 aliphatic carbocycles. The Bertz CT molecular complexity index is 1170. The number of carbonyl (C=O) groups is 1. The third-order valence-electron chi connectivity index (χ3n) is 4.64. The maximum atomic E-state index is 13.0. The maximum absolute atomic E-state index is 13.0. The van der Waals surface area contributed by atoms with E-state index in [1.165, 1.54) is 19.2 Å². The average Bonchev–Trinajstić information content (AvgIpc) is 2.76. The molecule has 0 fully saturated rings. The van der Waals surface area contributed by atoms with Gasteiger partial charge in [0.15, 0.2) is 0 Å². The van der Waals surface area contributed by atoms with Crippen molar-refractivity contribution in [3.63, 3.8) is 0 Å². The zero-order valence-corrected chi connectivity index (χ0v) is 19.0. The van der Waals surface area contributed by atoms with E-state index >= 15 is 0 Å². The molecule has 0 radical (unpaired) electrons. The number of hydrogen-bond donors (Lipinski definition) is 2. The standard InChI is InChI=1S/C24H26N2O5S/c1-4-31-21-12-9-19(10-13-21)26-32(28,29)23-16-20(11-14-22(23)30-3)25-24(27)15-18-7-5-17(2)6-8-18/h5-14,16,26H,4,15H2,1-3H3,(H,25,27). The SMILES string of the molecule is CCOc1ccc(NS(=O)(=O)c2cc(NC(=O)Cc3ccc(C)cc3)ccc2OC)cc1.